The molecule has 0 bridgehead atoms. The van der Waals surface area contributed by atoms with Gasteiger partial charge in [0.15, 0.2) is 5.16 Å². The molecule has 0 radical (unpaired) electrons. The summed E-state index contributed by atoms with van der Waals surface area (Å²) in [4.78, 5) is 12.0. The summed E-state index contributed by atoms with van der Waals surface area (Å²) in [5.41, 5.74) is 1.09. The molecule has 1 saturated heterocycles. The fraction of sp³-hybridized carbons (Fsp3) is 0.333. The zero-order valence-electron chi connectivity index (χ0n) is 13.3. The molecule has 0 aliphatic carbocycles. The van der Waals surface area contributed by atoms with Crippen LogP contribution in [-0.2, 0) is 17.0 Å². The summed E-state index contributed by atoms with van der Waals surface area (Å²) in [6.45, 7) is 1.36. The predicted octanol–water partition coefficient (Wildman–Crippen LogP) is 3.20. The van der Waals surface area contributed by atoms with E-state index >= 15 is 0 Å². The highest BCUT2D eigenvalue weighted by Crippen LogP contribution is 2.26. The second-order valence-corrected chi connectivity index (χ2v) is 6.93. The van der Waals surface area contributed by atoms with Gasteiger partial charge in [-0.25, -0.2) is 9.89 Å². The highest BCUT2D eigenvalue weighted by atomic mass is 32.2. The number of ether oxygens (including phenoxy) is 1. The van der Waals surface area contributed by atoms with Gasteiger partial charge in [0.1, 0.15) is 0 Å². The van der Waals surface area contributed by atoms with Crippen LogP contribution in [0.2, 0.25) is 0 Å². The smallest absolute Gasteiger partial charge is 0.344 e. The van der Waals surface area contributed by atoms with Crippen LogP contribution in [0.3, 0.4) is 0 Å². The van der Waals surface area contributed by atoms with E-state index in [1.54, 1.807) is 16.3 Å². The van der Waals surface area contributed by atoms with E-state index in [0.29, 0.717) is 6.54 Å². The van der Waals surface area contributed by atoms with E-state index in [4.69, 9.17) is 4.74 Å². The normalized spacial score (nSPS) is 17.6. The van der Waals surface area contributed by atoms with Gasteiger partial charge in [-0.15, -0.1) is 5.10 Å². The third kappa shape index (κ3) is 3.12. The maximum absolute atomic E-state index is 12.0. The van der Waals surface area contributed by atoms with E-state index in [1.807, 2.05) is 6.07 Å². The largest absolute Gasteiger partial charge is 0.376 e. The quantitative estimate of drug-likeness (QED) is 0.724. The number of thioether (sulfide) groups is 1. The molecule has 1 N–H and O–H groups in total. The first-order chi connectivity index (χ1) is 11.8. The van der Waals surface area contributed by atoms with Crippen LogP contribution in [0.1, 0.15) is 18.4 Å². The molecular formula is C18H19N3O2S. The Balaban J connectivity index is 1.54. The van der Waals surface area contributed by atoms with E-state index in [-0.39, 0.29) is 11.8 Å². The molecule has 6 heteroatoms. The van der Waals surface area contributed by atoms with Gasteiger partial charge in [0.05, 0.1) is 12.6 Å². The van der Waals surface area contributed by atoms with Crippen molar-refractivity contribution < 1.29 is 4.74 Å². The number of aromatic nitrogens is 3. The SMILES string of the molecule is O=c1[nH]nc(SCc2cccc3ccccc23)n1C[C@H]1CCCO1. The molecule has 1 aliphatic rings. The predicted molar refractivity (Wildman–Crippen MR) is 95.3 cm³/mol. The Morgan fingerprint density at radius 3 is 3.00 bits per heavy atom. The zero-order chi connectivity index (χ0) is 16.4. The molecule has 4 rings (SSSR count). The number of hydrogen-bond donors (Lipinski definition) is 1. The summed E-state index contributed by atoms with van der Waals surface area (Å²) in [6, 6.07) is 14.7. The highest BCUT2D eigenvalue weighted by molar-refractivity contribution is 7.98. The monoisotopic (exact) mass is 341 g/mol. The van der Waals surface area contributed by atoms with E-state index in [1.165, 1.54) is 16.3 Å². The van der Waals surface area contributed by atoms with Gasteiger partial charge in [0, 0.05) is 12.4 Å². The van der Waals surface area contributed by atoms with Crippen LogP contribution in [0.25, 0.3) is 10.8 Å². The van der Waals surface area contributed by atoms with Crippen LogP contribution in [0.5, 0.6) is 0 Å². The summed E-state index contributed by atoms with van der Waals surface area (Å²) in [6.07, 6.45) is 2.19. The molecule has 1 fully saturated rings. The van der Waals surface area contributed by atoms with Crippen molar-refractivity contribution in [3.05, 3.63) is 58.5 Å². The Hall–Kier alpha value is -2.05. The molecule has 2 aromatic carbocycles. The number of H-pyrrole nitrogens is 1. The topological polar surface area (TPSA) is 59.9 Å². The van der Waals surface area contributed by atoms with Gasteiger partial charge in [-0.1, -0.05) is 54.2 Å². The van der Waals surface area contributed by atoms with Crippen molar-refractivity contribution in [2.45, 2.75) is 36.4 Å². The van der Waals surface area contributed by atoms with Gasteiger partial charge in [-0.3, -0.25) is 4.57 Å². The molecular weight excluding hydrogens is 322 g/mol. The van der Waals surface area contributed by atoms with Crippen molar-refractivity contribution in [1.29, 1.82) is 0 Å². The minimum absolute atomic E-state index is 0.122. The molecule has 1 atom stereocenters. The molecule has 24 heavy (non-hydrogen) atoms. The maximum Gasteiger partial charge on any atom is 0.344 e. The number of hydrogen-bond acceptors (Lipinski definition) is 4. The van der Waals surface area contributed by atoms with E-state index in [2.05, 4.69) is 46.6 Å². The number of nitrogens with zero attached hydrogens (tertiary/aromatic N) is 2. The Bertz CT molecular complexity index is 891. The van der Waals surface area contributed by atoms with Crippen molar-refractivity contribution in [1.82, 2.24) is 14.8 Å². The van der Waals surface area contributed by atoms with Crippen molar-refractivity contribution in [3.8, 4) is 0 Å². The van der Waals surface area contributed by atoms with Gasteiger partial charge < -0.3 is 4.74 Å². The van der Waals surface area contributed by atoms with E-state index < -0.39 is 0 Å². The standard InChI is InChI=1S/C18H19N3O2S/c22-17-19-20-18(21(17)11-15-8-4-10-23-15)24-12-14-7-3-6-13-5-1-2-9-16(13)14/h1-3,5-7,9,15H,4,8,10-12H2,(H,19,22)/t15-/m1/s1. The van der Waals surface area contributed by atoms with Crippen LogP contribution in [0.4, 0.5) is 0 Å². The number of benzene rings is 2. The average Bonchev–Trinajstić information content (AvgIpc) is 3.24. The fourth-order valence-electron chi connectivity index (χ4n) is 3.13. The van der Waals surface area contributed by atoms with Gasteiger partial charge in [0.2, 0.25) is 0 Å². The minimum Gasteiger partial charge on any atom is -0.376 e. The number of nitrogens with one attached hydrogen (secondary N) is 1. The zero-order valence-corrected chi connectivity index (χ0v) is 14.1. The van der Waals surface area contributed by atoms with Gasteiger partial charge in [0.25, 0.3) is 0 Å². The van der Waals surface area contributed by atoms with Gasteiger partial charge in [-0.2, -0.15) is 0 Å². The minimum atomic E-state index is -0.161. The third-order valence-corrected chi connectivity index (χ3v) is 5.40. The first kappa shape index (κ1) is 15.5. The van der Waals surface area contributed by atoms with Crippen LogP contribution in [0, 0.1) is 0 Å². The second kappa shape index (κ2) is 6.83. The summed E-state index contributed by atoms with van der Waals surface area (Å²) >= 11 is 1.58. The molecule has 0 spiro atoms. The third-order valence-electron chi connectivity index (χ3n) is 4.37. The van der Waals surface area contributed by atoms with Crippen LogP contribution < -0.4 is 5.69 Å². The molecule has 0 saturated carbocycles. The number of rotatable bonds is 5. The molecule has 1 aromatic heterocycles. The van der Waals surface area contributed by atoms with Crippen LogP contribution in [0.15, 0.2) is 52.4 Å². The first-order valence-electron chi connectivity index (χ1n) is 8.17. The van der Waals surface area contributed by atoms with Crippen molar-refractivity contribution in [2.75, 3.05) is 6.61 Å². The maximum atomic E-state index is 12.0. The summed E-state index contributed by atoms with van der Waals surface area (Å²) in [5, 5.41) is 9.95. The Kier molecular flexibility index (Phi) is 4.40. The summed E-state index contributed by atoms with van der Waals surface area (Å²) < 4.78 is 7.35. The lowest BCUT2D eigenvalue weighted by Gasteiger charge is -2.11. The van der Waals surface area contributed by atoms with E-state index in [9.17, 15) is 4.79 Å². The summed E-state index contributed by atoms with van der Waals surface area (Å²) in [5.74, 6) is 0.775. The van der Waals surface area contributed by atoms with Crippen molar-refractivity contribution >= 4 is 22.5 Å². The van der Waals surface area contributed by atoms with Gasteiger partial charge >= 0.3 is 5.69 Å². The number of fused-ring (bicyclic) bond motifs is 1. The molecule has 2 heterocycles. The number of aromatic amines is 1. The van der Waals surface area contributed by atoms with Gasteiger partial charge in [-0.05, 0) is 29.2 Å². The lowest BCUT2D eigenvalue weighted by molar-refractivity contribution is 0.0941. The lowest BCUT2D eigenvalue weighted by atomic mass is 10.1. The highest BCUT2D eigenvalue weighted by Gasteiger charge is 2.19. The molecule has 0 unspecified atom stereocenters. The molecule has 1 aliphatic heterocycles. The molecule has 0 amide bonds. The fourth-order valence-corrected chi connectivity index (χ4v) is 4.09. The van der Waals surface area contributed by atoms with E-state index in [0.717, 1.165) is 30.4 Å². The Labute approximate surface area is 144 Å². The molecule has 124 valence electrons. The van der Waals surface area contributed by atoms with Crippen LogP contribution >= 0.6 is 11.8 Å². The summed E-state index contributed by atoms with van der Waals surface area (Å²) in [7, 11) is 0. The second-order valence-electron chi connectivity index (χ2n) is 5.98. The average molecular weight is 341 g/mol. The van der Waals surface area contributed by atoms with Crippen molar-refractivity contribution in [3.63, 3.8) is 0 Å². The Morgan fingerprint density at radius 2 is 2.12 bits per heavy atom. The first-order valence-corrected chi connectivity index (χ1v) is 9.16. The van der Waals surface area contributed by atoms with Crippen molar-refractivity contribution in [2.24, 2.45) is 0 Å². The van der Waals surface area contributed by atoms with Crippen LogP contribution in [-0.4, -0.2) is 27.5 Å². The molecule has 3 aromatic rings. The molecule has 5 nitrogen and oxygen atoms in total. The lowest BCUT2D eigenvalue weighted by Crippen LogP contribution is -2.24. The Morgan fingerprint density at radius 1 is 1.25 bits per heavy atom.